The second kappa shape index (κ2) is 9.81. The number of nitrogens with two attached hydrogens (primary N) is 1. The van der Waals surface area contributed by atoms with Crippen molar-refractivity contribution >= 4 is 0 Å². The summed E-state index contributed by atoms with van der Waals surface area (Å²) >= 11 is 0. The number of hydrogen-bond acceptors (Lipinski definition) is 3. The first-order valence-electron chi connectivity index (χ1n) is 9.30. The van der Waals surface area contributed by atoms with Crippen LogP contribution in [0.5, 0.6) is 0 Å². The smallest absolute Gasteiger partial charge is 0.0503 e. The lowest BCUT2D eigenvalue weighted by molar-refractivity contribution is 0.137. The minimum Gasteiger partial charge on any atom is -0.384 e. The van der Waals surface area contributed by atoms with E-state index in [2.05, 4.69) is 4.90 Å². The number of ether oxygens (including phenoxy) is 1. The fourth-order valence-corrected chi connectivity index (χ4v) is 4.19. The minimum atomic E-state index is 0.380. The largest absolute Gasteiger partial charge is 0.384 e. The Morgan fingerprint density at radius 2 is 1.52 bits per heavy atom. The molecule has 1 aliphatic carbocycles. The third-order valence-corrected chi connectivity index (χ3v) is 5.47. The molecule has 3 atom stereocenters. The lowest BCUT2D eigenvalue weighted by atomic mass is 9.93. The van der Waals surface area contributed by atoms with Crippen molar-refractivity contribution in [2.24, 2.45) is 11.7 Å². The van der Waals surface area contributed by atoms with Crippen molar-refractivity contribution in [2.75, 3.05) is 26.8 Å². The molecule has 0 spiro atoms. The molecule has 124 valence electrons. The Balaban J connectivity index is 1.86. The van der Waals surface area contributed by atoms with Gasteiger partial charge in [0.2, 0.25) is 0 Å². The van der Waals surface area contributed by atoms with Gasteiger partial charge in [0, 0.05) is 25.7 Å². The van der Waals surface area contributed by atoms with E-state index in [1.54, 1.807) is 0 Å². The van der Waals surface area contributed by atoms with Gasteiger partial charge in [-0.05, 0) is 31.7 Å². The summed E-state index contributed by atoms with van der Waals surface area (Å²) in [5, 5.41) is 0. The van der Waals surface area contributed by atoms with E-state index in [1.165, 1.54) is 83.7 Å². The molecule has 2 N–H and O–H groups in total. The Bertz CT molecular complexity index is 272. The molecule has 0 bridgehead atoms. The molecule has 1 saturated heterocycles. The first-order chi connectivity index (χ1) is 10.3. The molecule has 2 fully saturated rings. The molecular weight excluding hydrogens is 260 g/mol. The molecule has 0 amide bonds. The highest BCUT2D eigenvalue weighted by molar-refractivity contribution is 4.87. The van der Waals surface area contributed by atoms with Crippen molar-refractivity contribution < 1.29 is 4.74 Å². The standard InChI is InChI=1S/C18H36N2O/c1-21-15-16-12-13-20(14-16)18-11-9-7-5-3-2-4-6-8-10-17(18)19/h16-18H,2-15,19H2,1H3. The Labute approximate surface area is 131 Å². The van der Waals surface area contributed by atoms with Crippen molar-refractivity contribution in [1.82, 2.24) is 4.90 Å². The summed E-state index contributed by atoms with van der Waals surface area (Å²) in [6.07, 6.45) is 15.0. The predicted octanol–water partition coefficient (Wildman–Crippen LogP) is 3.57. The fourth-order valence-electron chi connectivity index (χ4n) is 4.19. The number of rotatable bonds is 3. The van der Waals surface area contributed by atoms with Crippen LogP contribution >= 0.6 is 0 Å². The minimum absolute atomic E-state index is 0.380. The molecule has 3 heteroatoms. The van der Waals surface area contributed by atoms with Gasteiger partial charge in [-0.25, -0.2) is 0 Å². The number of methoxy groups -OCH3 is 1. The van der Waals surface area contributed by atoms with E-state index < -0.39 is 0 Å². The van der Waals surface area contributed by atoms with Gasteiger partial charge in [-0.15, -0.1) is 0 Å². The zero-order valence-electron chi connectivity index (χ0n) is 14.1. The first-order valence-corrected chi connectivity index (χ1v) is 9.30. The van der Waals surface area contributed by atoms with Gasteiger partial charge in [-0.1, -0.05) is 51.4 Å². The van der Waals surface area contributed by atoms with Crippen LogP contribution in [0, 0.1) is 5.92 Å². The number of nitrogens with zero attached hydrogens (tertiary/aromatic N) is 1. The molecule has 2 aliphatic rings. The van der Waals surface area contributed by atoms with Crippen molar-refractivity contribution in [1.29, 1.82) is 0 Å². The predicted molar refractivity (Wildman–Crippen MR) is 89.5 cm³/mol. The van der Waals surface area contributed by atoms with Gasteiger partial charge in [-0.2, -0.15) is 0 Å². The fraction of sp³-hybridized carbons (Fsp3) is 1.00. The summed E-state index contributed by atoms with van der Waals surface area (Å²) in [6.45, 7) is 3.34. The zero-order valence-corrected chi connectivity index (χ0v) is 14.1. The number of hydrogen-bond donors (Lipinski definition) is 1. The van der Waals surface area contributed by atoms with E-state index in [1.807, 2.05) is 7.11 Å². The summed E-state index contributed by atoms with van der Waals surface area (Å²) in [7, 11) is 1.82. The highest BCUT2D eigenvalue weighted by Gasteiger charge is 2.31. The molecule has 21 heavy (non-hydrogen) atoms. The van der Waals surface area contributed by atoms with Crippen LogP contribution in [0.25, 0.3) is 0 Å². The second-order valence-corrected chi connectivity index (χ2v) is 7.24. The molecule has 0 aromatic heterocycles. The molecule has 0 aromatic rings. The zero-order chi connectivity index (χ0) is 14.9. The van der Waals surface area contributed by atoms with Crippen LogP contribution < -0.4 is 5.73 Å². The third kappa shape index (κ3) is 5.88. The highest BCUT2D eigenvalue weighted by Crippen LogP contribution is 2.25. The Kier molecular flexibility index (Phi) is 8.05. The average Bonchev–Trinajstić information content (AvgIpc) is 2.91. The second-order valence-electron chi connectivity index (χ2n) is 7.24. The quantitative estimate of drug-likeness (QED) is 0.865. The van der Waals surface area contributed by atoms with Crippen molar-refractivity contribution in [3.8, 4) is 0 Å². The summed E-state index contributed by atoms with van der Waals surface area (Å²) in [5.74, 6) is 0.726. The summed E-state index contributed by atoms with van der Waals surface area (Å²) in [4.78, 5) is 2.68. The van der Waals surface area contributed by atoms with E-state index in [-0.39, 0.29) is 0 Å². The van der Waals surface area contributed by atoms with Crippen LogP contribution in [0.15, 0.2) is 0 Å². The Morgan fingerprint density at radius 1 is 0.905 bits per heavy atom. The average molecular weight is 296 g/mol. The molecule has 0 radical (unpaired) electrons. The van der Waals surface area contributed by atoms with Crippen LogP contribution in [-0.4, -0.2) is 43.8 Å². The van der Waals surface area contributed by atoms with Gasteiger partial charge >= 0.3 is 0 Å². The molecule has 1 heterocycles. The van der Waals surface area contributed by atoms with Crippen LogP contribution in [0.4, 0.5) is 0 Å². The monoisotopic (exact) mass is 296 g/mol. The maximum Gasteiger partial charge on any atom is 0.0503 e. The van der Waals surface area contributed by atoms with Crippen molar-refractivity contribution in [3.63, 3.8) is 0 Å². The van der Waals surface area contributed by atoms with Gasteiger partial charge in [0.25, 0.3) is 0 Å². The molecule has 1 saturated carbocycles. The van der Waals surface area contributed by atoms with E-state index in [9.17, 15) is 0 Å². The maximum absolute atomic E-state index is 6.59. The van der Waals surface area contributed by atoms with E-state index in [4.69, 9.17) is 10.5 Å². The van der Waals surface area contributed by atoms with Crippen LogP contribution in [0.1, 0.15) is 70.6 Å². The SMILES string of the molecule is COCC1CCN(C2CCCCCCCCCCC2N)C1. The Morgan fingerprint density at radius 3 is 2.19 bits per heavy atom. The first kappa shape index (κ1) is 17.2. The lowest BCUT2D eigenvalue weighted by Gasteiger charge is -2.33. The van der Waals surface area contributed by atoms with Crippen molar-refractivity contribution in [2.45, 2.75) is 82.7 Å². The molecule has 3 unspecified atom stereocenters. The number of likely N-dealkylation sites (tertiary alicyclic amines) is 1. The summed E-state index contributed by atoms with van der Waals surface area (Å²) in [5.41, 5.74) is 6.59. The lowest BCUT2D eigenvalue weighted by Crippen LogP contribution is -2.47. The molecule has 2 rings (SSSR count). The van der Waals surface area contributed by atoms with Gasteiger partial charge in [-0.3, -0.25) is 4.90 Å². The van der Waals surface area contributed by atoms with Gasteiger partial charge in [0.15, 0.2) is 0 Å². The molecule has 0 aromatic carbocycles. The normalized spacial score (nSPS) is 34.3. The maximum atomic E-state index is 6.59. The van der Waals surface area contributed by atoms with Crippen molar-refractivity contribution in [3.05, 3.63) is 0 Å². The Hall–Kier alpha value is -0.120. The van der Waals surface area contributed by atoms with Crippen LogP contribution in [0.2, 0.25) is 0 Å². The molecule has 3 nitrogen and oxygen atoms in total. The van der Waals surface area contributed by atoms with E-state index >= 15 is 0 Å². The van der Waals surface area contributed by atoms with Crippen LogP contribution in [0.3, 0.4) is 0 Å². The van der Waals surface area contributed by atoms with Gasteiger partial charge < -0.3 is 10.5 Å². The van der Waals surface area contributed by atoms with E-state index in [0.717, 1.165) is 12.5 Å². The summed E-state index contributed by atoms with van der Waals surface area (Å²) < 4.78 is 5.34. The van der Waals surface area contributed by atoms with Crippen LogP contribution in [-0.2, 0) is 4.74 Å². The third-order valence-electron chi connectivity index (χ3n) is 5.47. The molecular formula is C18H36N2O. The summed E-state index contributed by atoms with van der Waals surface area (Å²) in [6, 6.07) is 0.997. The topological polar surface area (TPSA) is 38.5 Å². The van der Waals surface area contributed by atoms with Gasteiger partial charge in [0.05, 0.1) is 6.61 Å². The molecule has 1 aliphatic heterocycles. The van der Waals surface area contributed by atoms with E-state index in [0.29, 0.717) is 12.1 Å². The highest BCUT2D eigenvalue weighted by atomic mass is 16.5. The van der Waals surface area contributed by atoms with Gasteiger partial charge in [0.1, 0.15) is 0 Å².